The van der Waals surface area contributed by atoms with Gasteiger partial charge in [0.25, 0.3) is 0 Å². The van der Waals surface area contributed by atoms with Crippen LogP contribution < -0.4 is 5.32 Å². The Morgan fingerprint density at radius 2 is 0.857 bits per heavy atom. The molecule has 4 nitrogen and oxygen atoms in total. The standard InChI is InChI=1S/C45H81NO3/c1-3-5-7-9-11-13-15-17-19-21-22-23-24-25-27-29-31-33-35-37-39-41-45(49)46-43(42-47)44(48)40-38-36-34-32-30-28-26-20-18-16-14-12-10-8-6-4-2/h15,17,21-22,24-25,30,32,38,40,43-44,47-48H,3-14,16,18-20,23,26-29,31,33-37,39,41-42H2,1-2H3,(H,46,49)/b17-15-,22-21-,25-24-,32-30+,40-38+. The Balaban J connectivity index is 3.68. The fraction of sp³-hybridized carbons (Fsp3) is 0.756. The van der Waals surface area contributed by atoms with Crippen molar-refractivity contribution in [3.05, 3.63) is 60.8 Å². The number of carbonyl (C=O) groups is 1. The van der Waals surface area contributed by atoms with Crippen molar-refractivity contribution in [2.24, 2.45) is 0 Å². The van der Waals surface area contributed by atoms with Gasteiger partial charge in [0.05, 0.1) is 18.8 Å². The molecule has 0 aliphatic carbocycles. The van der Waals surface area contributed by atoms with Crippen molar-refractivity contribution >= 4 is 5.91 Å². The molecule has 0 fully saturated rings. The molecule has 3 N–H and O–H groups in total. The summed E-state index contributed by atoms with van der Waals surface area (Å²) in [6, 6.07) is -0.647. The summed E-state index contributed by atoms with van der Waals surface area (Å²) < 4.78 is 0. The van der Waals surface area contributed by atoms with Gasteiger partial charge in [-0.05, 0) is 70.6 Å². The molecule has 2 atom stereocenters. The van der Waals surface area contributed by atoms with Crippen molar-refractivity contribution in [2.45, 2.75) is 212 Å². The summed E-state index contributed by atoms with van der Waals surface area (Å²) in [4.78, 5) is 12.4. The molecule has 0 aromatic carbocycles. The highest BCUT2D eigenvalue weighted by Gasteiger charge is 2.17. The normalized spacial score (nSPS) is 13.6. The molecule has 284 valence electrons. The van der Waals surface area contributed by atoms with Crippen LogP contribution in [0.3, 0.4) is 0 Å². The molecule has 0 rings (SSSR count). The van der Waals surface area contributed by atoms with E-state index in [1.165, 1.54) is 122 Å². The molecule has 0 bridgehead atoms. The van der Waals surface area contributed by atoms with Gasteiger partial charge in [0.15, 0.2) is 0 Å². The molecule has 0 heterocycles. The molecule has 49 heavy (non-hydrogen) atoms. The highest BCUT2D eigenvalue weighted by atomic mass is 16.3. The average Bonchev–Trinajstić information content (AvgIpc) is 3.10. The minimum Gasteiger partial charge on any atom is -0.394 e. The Morgan fingerprint density at radius 1 is 0.490 bits per heavy atom. The first-order valence-corrected chi connectivity index (χ1v) is 21.0. The molecule has 4 heteroatoms. The van der Waals surface area contributed by atoms with Crippen LogP contribution in [0, 0.1) is 0 Å². The number of aliphatic hydroxyl groups is 2. The summed E-state index contributed by atoms with van der Waals surface area (Å²) in [7, 11) is 0. The topological polar surface area (TPSA) is 69.6 Å². The lowest BCUT2D eigenvalue weighted by Crippen LogP contribution is -2.45. The van der Waals surface area contributed by atoms with E-state index in [9.17, 15) is 15.0 Å². The van der Waals surface area contributed by atoms with Crippen LogP contribution >= 0.6 is 0 Å². The molecule has 0 aliphatic heterocycles. The van der Waals surface area contributed by atoms with Gasteiger partial charge in [0.1, 0.15) is 0 Å². The number of carbonyl (C=O) groups excluding carboxylic acids is 1. The smallest absolute Gasteiger partial charge is 0.220 e. The predicted molar refractivity (Wildman–Crippen MR) is 216 cm³/mol. The van der Waals surface area contributed by atoms with E-state index in [1.54, 1.807) is 6.08 Å². The first-order valence-electron chi connectivity index (χ1n) is 21.0. The van der Waals surface area contributed by atoms with Crippen molar-refractivity contribution in [3.8, 4) is 0 Å². The summed E-state index contributed by atoms with van der Waals surface area (Å²) in [6.45, 7) is 4.27. The van der Waals surface area contributed by atoms with Crippen LogP contribution in [0.25, 0.3) is 0 Å². The fourth-order valence-corrected chi connectivity index (χ4v) is 5.96. The van der Waals surface area contributed by atoms with E-state index in [0.717, 1.165) is 57.8 Å². The quantitative estimate of drug-likeness (QED) is 0.0451. The highest BCUT2D eigenvalue weighted by molar-refractivity contribution is 5.76. The maximum absolute atomic E-state index is 12.4. The zero-order valence-electron chi connectivity index (χ0n) is 32.4. The number of nitrogens with one attached hydrogen (secondary N) is 1. The number of allylic oxidation sites excluding steroid dienone is 9. The lowest BCUT2D eigenvalue weighted by Gasteiger charge is -2.19. The molecule has 0 saturated heterocycles. The summed E-state index contributed by atoms with van der Waals surface area (Å²) in [5.74, 6) is -0.0885. The second-order valence-corrected chi connectivity index (χ2v) is 14.0. The lowest BCUT2D eigenvalue weighted by atomic mass is 10.1. The largest absolute Gasteiger partial charge is 0.394 e. The van der Waals surface area contributed by atoms with Crippen molar-refractivity contribution in [1.82, 2.24) is 5.32 Å². The predicted octanol–water partition coefficient (Wildman–Crippen LogP) is 13.0. The second kappa shape index (κ2) is 40.5. The van der Waals surface area contributed by atoms with Crippen molar-refractivity contribution in [3.63, 3.8) is 0 Å². The molecule has 0 aromatic heterocycles. The molecule has 0 aromatic rings. The minimum atomic E-state index is -0.869. The van der Waals surface area contributed by atoms with Crippen LogP contribution in [0.5, 0.6) is 0 Å². The Labute approximate surface area is 305 Å². The molecular formula is C45H81NO3. The number of hydrogen-bond acceptors (Lipinski definition) is 3. The lowest BCUT2D eigenvalue weighted by molar-refractivity contribution is -0.123. The number of hydrogen-bond donors (Lipinski definition) is 3. The summed E-state index contributed by atoms with van der Waals surface area (Å²) in [5.41, 5.74) is 0. The van der Waals surface area contributed by atoms with Gasteiger partial charge < -0.3 is 15.5 Å². The average molecular weight is 684 g/mol. The number of unbranched alkanes of at least 4 members (excludes halogenated alkanes) is 22. The summed E-state index contributed by atoms with van der Waals surface area (Å²) in [6.07, 6.45) is 56.0. The zero-order valence-corrected chi connectivity index (χ0v) is 32.4. The van der Waals surface area contributed by atoms with Gasteiger partial charge in [0, 0.05) is 6.42 Å². The second-order valence-electron chi connectivity index (χ2n) is 14.0. The van der Waals surface area contributed by atoms with E-state index >= 15 is 0 Å². The Kier molecular flexibility index (Phi) is 38.9. The molecule has 0 saturated carbocycles. The third-order valence-corrected chi connectivity index (χ3v) is 9.22. The minimum absolute atomic E-state index is 0.0885. The van der Waals surface area contributed by atoms with Crippen LogP contribution in [0.15, 0.2) is 60.8 Å². The number of aliphatic hydroxyl groups excluding tert-OH is 2. The Bertz CT molecular complexity index is 827. The number of amides is 1. The first kappa shape index (κ1) is 47.1. The van der Waals surface area contributed by atoms with E-state index in [2.05, 4.69) is 67.8 Å². The Morgan fingerprint density at radius 3 is 1.33 bits per heavy atom. The van der Waals surface area contributed by atoms with E-state index in [-0.39, 0.29) is 12.5 Å². The van der Waals surface area contributed by atoms with Crippen LogP contribution in [-0.4, -0.2) is 34.9 Å². The van der Waals surface area contributed by atoms with E-state index < -0.39 is 12.1 Å². The molecule has 0 aliphatic rings. The van der Waals surface area contributed by atoms with Gasteiger partial charge in [0.2, 0.25) is 5.91 Å². The van der Waals surface area contributed by atoms with Crippen molar-refractivity contribution < 1.29 is 15.0 Å². The van der Waals surface area contributed by atoms with Crippen molar-refractivity contribution in [1.29, 1.82) is 0 Å². The monoisotopic (exact) mass is 684 g/mol. The van der Waals surface area contributed by atoms with Gasteiger partial charge in [-0.15, -0.1) is 0 Å². The van der Waals surface area contributed by atoms with Gasteiger partial charge in [-0.25, -0.2) is 0 Å². The van der Waals surface area contributed by atoms with Crippen LogP contribution in [0.4, 0.5) is 0 Å². The van der Waals surface area contributed by atoms with E-state index in [1.807, 2.05) is 6.08 Å². The first-order chi connectivity index (χ1) is 24.2. The number of rotatable bonds is 37. The maximum Gasteiger partial charge on any atom is 0.220 e. The Hall–Kier alpha value is -1.91. The van der Waals surface area contributed by atoms with Gasteiger partial charge in [-0.2, -0.15) is 0 Å². The third-order valence-electron chi connectivity index (χ3n) is 9.22. The van der Waals surface area contributed by atoms with Gasteiger partial charge in [-0.1, -0.05) is 184 Å². The van der Waals surface area contributed by atoms with Gasteiger partial charge >= 0.3 is 0 Å². The maximum atomic E-state index is 12.4. The summed E-state index contributed by atoms with van der Waals surface area (Å²) in [5, 5.41) is 22.9. The van der Waals surface area contributed by atoms with Crippen molar-refractivity contribution in [2.75, 3.05) is 6.61 Å². The molecule has 0 radical (unpaired) electrons. The molecular weight excluding hydrogens is 602 g/mol. The van der Waals surface area contributed by atoms with Gasteiger partial charge in [-0.3, -0.25) is 4.79 Å². The molecule has 1 amide bonds. The molecule has 0 spiro atoms. The summed E-state index contributed by atoms with van der Waals surface area (Å²) >= 11 is 0. The zero-order chi connectivity index (χ0) is 35.7. The van der Waals surface area contributed by atoms with Crippen LogP contribution in [-0.2, 0) is 4.79 Å². The molecule has 2 unspecified atom stereocenters. The highest BCUT2D eigenvalue weighted by Crippen LogP contribution is 2.12. The SMILES string of the molecule is CCCCCCC/C=C\C/C=C\C/C=C\CCCCCCCCC(=O)NC(CO)C(O)/C=C/CC/C=C/CCCCCCCCCCCC. The third kappa shape index (κ3) is 37.2. The van der Waals surface area contributed by atoms with Crippen LogP contribution in [0.1, 0.15) is 200 Å². The van der Waals surface area contributed by atoms with E-state index in [0.29, 0.717) is 6.42 Å². The van der Waals surface area contributed by atoms with Crippen LogP contribution in [0.2, 0.25) is 0 Å². The van der Waals surface area contributed by atoms with E-state index in [4.69, 9.17) is 0 Å². The fourth-order valence-electron chi connectivity index (χ4n) is 5.96.